The topological polar surface area (TPSA) is 65.0 Å². The van der Waals surface area contributed by atoms with E-state index in [1.165, 1.54) is 0 Å². The van der Waals surface area contributed by atoms with Gasteiger partial charge in [-0.25, -0.2) is 0 Å². The minimum Gasteiger partial charge on any atom is -0.349 e. The predicted octanol–water partition coefficient (Wildman–Crippen LogP) is 3.79. The van der Waals surface area contributed by atoms with E-state index in [9.17, 15) is 4.79 Å². The van der Waals surface area contributed by atoms with Gasteiger partial charge in [0, 0.05) is 17.0 Å². The Hall–Kier alpha value is -3.01. The standard InChI is InChI=1S/C20H17N3OS/c1-13-17(19(24)23-15-10-6-3-7-11-15)18(14-8-4-2-5-9-14)16(12-21)20(25)22-13/h2-11,18,21H,1H3,(H,22,25)(H,23,24). The van der Waals surface area contributed by atoms with Crippen LogP contribution in [0.2, 0.25) is 0 Å². The molecule has 1 aliphatic heterocycles. The Balaban J connectivity index is 2.07. The van der Waals surface area contributed by atoms with Gasteiger partial charge in [0.1, 0.15) is 4.99 Å². The van der Waals surface area contributed by atoms with Gasteiger partial charge in [-0.2, -0.15) is 0 Å². The number of carbonyl (C=O) groups excluding carboxylic acids is 1. The van der Waals surface area contributed by atoms with Gasteiger partial charge in [0.25, 0.3) is 5.91 Å². The van der Waals surface area contributed by atoms with Gasteiger partial charge in [-0.1, -0.05) is 60.7 Å². The van der Waals surface area contributed by atoms with E-state index in [1.54, 1.807) is 0 Å². The molecule has 4 nitrogen and oxygen atoms in total. The highest BCUT2D eigenvalue weighted by molar-refractivity contribution is 7.80. The summed E-state index contributed by atoms with van der Waals surface area (Å²) >= 11 is 5.35. The molecule has 0 saturated carbocycles. The van der Waals surface area contributed by atoms with Gasteiger partial charge in [-0.05, 0) is 30.5 Å². The van der Waals surface area contributed by atoms with Crippen molar-refractivity contribution >= 4 is 34.7 Å². The Kier molecular flexibility index (Phi) is 4.89. The molecule has 0 saturated heterocycles. The first kappa shape index (κ1) is 16.8. The Labute approximate surface area is 151 Å². The highest BCUT2D eigenvalue weighted by Gasteiger charge is 2.34. The van der Waals surface area contributed by atoms with Crippen LogP contribution in [0.1, 0.15) is 18.4 Å². The van der Waals surface area contributed by atoms with Crippen LogP contribution >= 0.6 is 12.2 Å². The number of anilines is 1. The number of amides is 1. The molecule has 0 bridgehead atoms. The van der Waals surface area contributed by atoms with Gasteiger partial charge in [0.2, 0.25) is 0 Å². The van der Waals surface area contributed by atoms with E-state index < -0.39 is 5.92 Å². The lowest BCUT2D eigenvalue weighted by molar-refractivity contribution is -0.113. The molecule has 1 atom stereocenters. The molecule has 2 aromatic rings. The molecule has 2 aromatic carbocycles. The second kappa shape index (κ2) is 7.26. The number of hydrogen-bond donors (Lipinski definition) is 3. The monoisotopic (exact) mass is 347 g/mol. The van der Waals surface area contributed by atoms with Crippen LogP contribution in [0.15, 0.2) is 77.5 Å². The van der Waals surface area contributed by atoms with Crippen LogP contribution in [-0.2, 0) is 4.79 Å². The van der Waals surface area contributed by atoms with E-state index in [0.29, 0.717) is 27.5 Å². The molecular weight excluding hydrogens is 330 g/mol. The van der Waals surface area contributed by atoms with Crippen LogP contribution in [0, 0.1) is 5.41 Å². The van der Waals surface area contributed by atoms with E-state index >= 15 is 0 Å². The SMILES string of the molecule is CC1=C(C(=O)Nc2ccccc2)C(c2ccccc2)C(=C=N)C(=S)N1. The lowest BCUT2D eigenvalue weighted by atomic mass is 9.81. The smallest absolute Gasteiger partial charge is 0.254 e. The highest BCUT2D eigenvalue weighted by Crippen LogP contribution is 2.36. The van der Waals surface area contributed by atoms with Gasteiger partial charge in [-0.15, -0.1) is 0 Å². The van der Waals surface area contributed by atoms with Crippen molar-refractivity contribution in [2.45, 2.75) is 12.8 Å². The molecule has 25 heavy (non-hydrogen) atoms. The fourth-order valence-corrected chi connectivity index (χ4v) is 3.25. The van der Waals surface area contributed by atoms with E-state index in [-0.39, 0.29) is 5.91 Å². The predicted molar refractivity (Wildman–Crippen MR) is 104 cm³/mol. The maximum Gasteiger partial charge on any atom is 0.254 e. The molecule has 3 N–H and O–H groups in total. The van der Waals surface area contributed by atoms with Crippen molar-refractivity contribution < 1.29 is 4.79 Å². The van der Waals surface area contributed by atoms with Crippen LogP contribution < -0.4 is 10.6 Å². The summed E-state index contributed by atoms with van der Waals surface area (Å²) in [5, 5.41) is 13.6. The lowest BCUT2D eigenvalue weighted by Gasteiger charge is -2.29. The Morgan fingerprint density at radius 2 is 1.72 bits per heavy atom. The summed E-state index contributed by atoms with van der Waals surface area (Å²) in [6.45, 7) is 1.82. The van der Waals surface area contributed by atoms with Crippen LogP contribution in [0.5, 0.6) is 0 Å². The van der Waals surface area contributed by atoms with Crippen molar-refractivity contribution in [1.82, 2.24) is 5.32 Å². The van der Waals surface area contributed by atoms with Crippen LogP contribution in [0.25, 0.3) is 0 Å². The number of para-hydroxylation sites is 1. The lowest BCUT2D eigenvalue weighted by Crippen LogP contribution is -2.36. The summed E-state index contributed by atoms with van der Waals surface area (Å²) in [6.07, 6.45) is 0. The molecule has 1 amide bonds. The van der Waals surface area contributed by atoms with Crippen LogP contribution in [0.3, 0.4) is 0 Å². The van der Waals surface area contributed by atoms with Gasteiger partial charge < -0.3 is 10.6 Å². The Morgan fingerprint density at radius 1 is 1.12 bits per heavy atom. The first-order chi connectivity index (χ1) is 12.1. The summed E-state index contributed by atoms with van der Waals surface area (Å²) in [7, 11) is 0. The average Bonchev–Trinajstić information content (AvgIpc) is 2.62. The molecular formula is C20H17N3OS. The highest BCUT2D eigenvalue weighted by atomic mass is 32.1. The fraction of sp³-hybridized carbons (Fsp3) is 0.100. The number of benzene rings is 2. The molecule has 0 radical (unpaired) electrons. The van der Waals surface area contributed by atoms with Crippen molar-refractivity contribution in [2.24, 2.45) is 0 Å². The van der Waals surface area contributed by atoms with Crippen molar-refractivity contribution in [2.75, 3.05) is 5.32 Å². The summed E-state index contributed by atoms with van der Waals surface area (Å²) in [5.74, 6) is 1.78. The summed E-state index contributed by atoms with van der Waals surface area (Å²) in [5.41, 5.74) is 3.33. The third-order valence-corrected chi connectivity index (χ3v) is 4.39. The van der Waals surface area contributed by atoms with E-state index in [2.05, 4.69) is 16.5 Å². The molecule has 0 spiro atoms. The first-order valence-corrected chi connectivity index (χ1v) is 8.25. The molecule has 124 valence electrons. The number of carbonyl (C=O) groups is 1. The van der Waals surface area contributed by atoms with Crippen molar-refractivity contribution in [1.29, 1.82) is 5.41 Å². The number of nitrogens with one attached hydrogen (secondary N) is 3. The molecule has 0 aromatic heterocycles. The third kappa shape index (κ3) is 3.43. The maximum atomic E-state index is 13.0. The normalized spacial score (nSPS) is 16.9. The Bertz CT molecular complexity index is 897. The van der Waals surface area contributed by atoms with Gasteiger partial charge in [0.05, 0.1) is 11.5 Å². The zero-order chi connectivity index (χ0) is 17.8. The molecule has 1 aliphatic rings. The van der Waals surface area contributed by atoms with E-state index in [4.69, 9.17) is 17.6 Å². The molecule has 0 fully saturated rings. The van der Waals surface area contributed by atoms with Crippen molar-refractivity contribution in [3.63, 3.8) is 0 Å². The van der Waals surface area contributed by atoms with Gasteiger partial charge in [-0.3, -0.25) is 10.2 Å². The molecule has 3 rings (SSSR count). The summed E-state index contributed by atoms with van der Waals surface area (Å²) in [4.78, 5) is 13.4. The van der Waals surface area contributed by atoms with Crippen LogP contribution in [0.4, 0.5) is 5.69 Å². The first-order valence-electron chi connectivity index (χ1n) is 7.85. The third-order valence-electron chi connectivity index (χ3n) is 4.07. The summed E-state index contributed by atoms with van der Waals surface area (Å²) in [6, 6.07) is 18.9. The fourth-order valence-electron chi connectivity index (χ4n) is 2.93. The minimum absolute atomic E-state index is 0.222. The zero-order valence-electron chi connectivity index (χ0n) is 13.7. The molecule has 1 heterocycles. The molecule has 5 heteroatoms. The van der Waals surface area contributed by atoms with Crippen molar-refractivity contribution in [3.8, 4) is 0 Å². The number of thiocarbonyl (C=S) groups is 1. The van der Waals surface area contributed by atoms with E-state index in [0.717, 1.165) is 5.56 Å². The van der Waals surface area contributed by atoms with E-state index in [1.807, 2.05) is 67.6 Å². The van der Waals surface area contributed by atoms with Gasteiger partial charge >= 0.3 is 0 Å². The number of rotatable bonds is 3. The second-order valence-electron chi connectivity index (χ2n) is 5.70. The molecule has 0 aliphatic carbocycles. The quantitative estimate of drug-likeness (QED) is 0.450. The maximum absolute atomic E-state index is 13.0. The van der Waals surface area contributed by atoms with Crippen molar-refractivity contribution in [3.05, 3.63) is 83.1 Å². The van der Waals surface area contributed by atoms with Gasteiger partial charge in [0.15, 0.2) is 0 Å². The van der Waals surface area contributed by atoms with Crippen LogP contribution in [-0.4, -0.2) is 16.8 Å². The molecule has 1 unspecified atom stereocenters. The average molecular weight is 347 g/mol. The zero-order valence-corrected chi connectivity index (χ0v) is 14.5. The number of allylic oxidation sites excluding steroid dienone is 1. The number of hydrogen-bond acceptors (Lipinski definition) is 3. The second-order valence-corrected chi connectivity index (χ2v) is 6.10. The largest absolute Gasteiger partial charge is 0.349 e. The Morgan fingerprint density at radius 3 is 2.32 bits per heavy atom. The summed E-state index contributed by atoms with van der Waals surface area (Å²) < 4.78 is 0. The minimum atomic E-state index is -0.420.